The van der Waals surface area contributed by atoms with Gasteiger partial charge in [0.05, 0.1) is 0 Å². The molecule has 0 rings (SSSR count). The molecule has 0 aromatic heterocycles. The van der Waals surface area contributed by atoms with Gasteiger partial charge in [0.25, 0.3) is 0 Å². The molecular formula is C8H22Y. The normalized spacial score (nSPS) is 6.00. The average molecular weight is 207 g/mol. The maximum Gasteiger partial charge on any atom is 0 e. The molecule has 0 N–H and O–H groups in total. The second-order valence-electron chi connectivity index (χ2n) is 1.80. The van der Waals surface area contributed by atoms with Crippen LogP contribution in [0.15, 0.2) is 0 Å². The predicted octanol–water partition coefficient (Wildman–Crippen LogP) is 3.71. The van der Waals surface area contributed by atoms with Gasteiger partial charge in [0.15, 0.2) is 0 Å². The molecule has 0 saturated heterocycles. The molecule has 0 aliphatic carbocycles. The van der Waals surface area contributed by atoms with Gasteiger partial charge in [0, 0.05) is 32.7 Å². The summed E-state index contributed by atoms with van der Waals surface area (Å²) in [6, 6.07) is 0. The van der Waals surface area contributed by atoms with Crippen molar-refractivity contribution < 1.29 is 32.7 Å². The Kier molecular flexibility index (Phi) is 57.3. The van der Waals surface area contributed by atoms with Gasteiger partial charge in [0.2, 0.25) is 0 Å². The van der Waals surface area contributed by atoms with Crippen LogP contribution in [-0.2, 0) is 32.7 Å². The molecule has 0 aliphatic rings. The molecule has 1 radical (unpaired) electrons. The zero-order valence-corrected chi connectivity index (χ0v) is 9.70. The van der Waals surface area contributed by atoms with Crippen LogP contribution < -0.4 is 0 Å². The minimum atomic E-state index is 0. The van der Waals surface area contributed by atoms with Gasteiger partial charge in [-0.1, -0.05) is 48.5 Å². The van der Waals surface area contributed by atoms with Gasteiger partial charge in [-0.05, 0) is 5.92 Å². The zero-order chi connectivity index (χ0) is 6.28. The fraction of sp³-hybridized carbons (Fsp3) is 1.00. The van der Waals surface area contributed by atoms with Crippen molar-refractivity contribution in [2.24, 2.45) is 5.92 Å². The first-order valence-corrected chi connectivity index (χ1v) is 3.27. The van der Waals surface area contributed by atoms with Crippen molar-refractivity contribution in [1.82, 2.24) is 0 Å². The van der Waals surface area contributed by atoms with E-state index in [9.17, 15) is 0 Å². The quantitative estimate of drug-likeness (QED) is 0.614. The summed E-state index contributed by atoms with van der Waals surface area (Å²) in [6.07, 6.45) is 1.31. The third kappa shape index (κ3) is 47.7. The zero-order valence-electron chi connectivity index (χ0n) is 6.86. The molecular weight excluding hydrogens is 185 g/mol. The minimum Gasteiger partial charge on any atom is -0.0776 e. The summed E-state index contributed by atoms with van der Waals surface area (Å²) in [5.41, 5.74) is 0. The third-order valence-corrected chi connectivity index (χ3v) is 0.816. The SMILES string of the molecule is C.CC.CCC(C)C.[Y]. The molecule has 0 atom stereocenters. The van der Waals surface area contributed by atoms with E-state index in [-0.39, 0.29) is 40.1 Å². The average Bonchev–Trinajstić information content (AvgIpc) is 1.73. The monoisotopic (exact) mass is 207 g/mol. The second kappa shape index (κ2) is 23.0. The molecule has 0 aliphatic heterocycles. The van der Waals surface area contributed by atoms with Crippen LogP contribution in [-0.4, -0.2) is 0 Å². The molecule has 0 spiro atoms. The molecule has 0 amide bonds. The minimum absolute atomic E-state index is 0. The Morgan fingerprint density at radius 3 is 1.22 bits per heavy atom. The Morgan fingerprint density at radius 2 is 1.22 bits per heavy atom. The first-order chi connectivity index (χ1) is 3.27. The van der Waals surface area contributed by atoms with E-state index in [2.05, 4.69) is 20.8 Å². The fourth-order valence-electron chi connectivity index (χ4n) is 0. The maximum absolute atomic E-state index is 2.22. The van der Waals surface area contributed by atoms with Gasteiger partial charge in [-0.3, -0.25) is 0 Å². The van der Waals surface area contributed by atoms with Gasteiger partial charge in [0.1, 0.15) is 0 Å². The Morgan fingerprint density at radius 1 is 1.11 bits per heavy atom. The molecule has 0 bridgehead atoms. The number of hydrogen-bond donors (Lipinski definition) is 0. The summed E-state index contributed by atoms with van der Waals surface area (Å²) in [6.45, 7) is 10.6. The van der Waals surface area contributed by atoms with E-state index in [1.807, 2.05) is 13.8 Å². The van der Waals surface area contributed by atoms with Crippen molar-refractivity contribution in [2.45, 2.75) is 48.5 Å². The molecule has 9 heavy (non-hydrogen) atoms. The standard InChI is InChI=1S/C5H12.C2H6.CH4.Y/c1-4-5(2)3;1-2;;/h5H,4H2,1-3H3;1-2H3;1H4;. The molecule has 1 heteroatoms. The van der Waals surface area contributed by atoms with Crippen LogP contribution in [0, 0.1) is 5.92 Å². The van der Waals surface area contributed by atoms with Crippen LogP contribution >= 0.6 is 0 Å². The van der Waals surface area contributed by atoms with Crippen LogP contribution in [0.2, 0.25) is 0 Å². The molecule has 57 valence electrons. The van der Waals surface area contributed by atoms with Gasteiger partial charge in [-0.15, -0.1) is 0 Å². The van der Waals surface area contributed by atoms with E-state index in [0.29, 0.717) is 0 Å². The molecule has 0 aromatic carbocycles. The smallest absolute Gasteiger partial charge is 0 e. The molecule has 0 aromatic rings. The summed E-state index contributed by atoms with van der Waals surface area (Å²) >= 11 is 0. The van der Waals surface area contributed by atoms with Crippen molar-refractivity contribution in [2.75, 3.05) is 0 Å². The first kappa shape index (κ1) is 22.5. The summed E-state index contributed by atoms with van der Waals surface area (Å²) in [5, 5.41) is 0. The predicted molar refractivity (Wildman–Crippen MR) is 43.2 cm³/mol. The molecule has 0 unspecified atom stereocenters. The van der Waals surface area contributed by atoms with E-state index < -0.39 is 0 Å². The largest absolute Gasteiger partial charge is 0.0776 e. The Bertz CT molecular complexity index is 18.5. The molecule has 0 nitrogen and oxygen atoms in total. The van der Waals surface area contributed by atoms with Gasteiger partial charge >= 0.3 is 0 Å². The summed E-state index contributed by atoms with van der Waals surface area (Å²) in [4.78, 5) is 0. The summed E-state index contributed by atoms with van der Waals surface area (Å²) in [7, 11) is 0. The van der Waals surface area contributed by atoms with E-state index in [1.165, 1.54) is 6.42 Å². The second-order valence-corrected chi connectivity index (χ2v) is 1.80. The van der Waals surface area contributed by atoms with E-state index in [0.717, 1.165) is 5.92 Å². The first-order valence-electron chi connectivity index (χ1n) is 3.27. The Hall–Kier alpha value is 1.10. The van der Waals surface area contributed by atoms with Crippen LogP contribution in [0.1, 0.15) is 48.5 Å². The summed E-state index contributed by atoms with van der Waals surface area (Å²) in [5.74, 6) is 0.884. The number of rotatable bonds is 1. The van der Waals surface area contributed by atoms with E-state index in [4.69, 9.17) is 0 Å². The van der Waals surface area contributed by atoms with Crippen LogP contribution in [0.25, 0.3) is 0 Å². The van der Waals surface area contributed by atoms with E-state index >= 15 is 0 Å². The van der Waals surface area contributed by atoms with Crippen LogP contribution in [0.5, 0.6) is 0 Å². The van der Waals surface area contributed by atoms with Gasteiger partial charge in [-0.25, -0.2) is 0 Å². The Balaban J connectivity index is -0.0000000286. The van der Waals surface area contributed by atoms with Crippen molar-refractivity contribution >= 4 is 0 Å². The van der Waals surface area contributed by atoms with Crippen molar-refractivity contribution in [3.05, 3.63) is 0 Å². The maximum atomic E-state index is 2.22. The molecule has 0 fully saturated rings. The summed E-state index contributed by atoms with van der Waals surface area (Å²) < 4.78 is 0. The van der Waals surface area contributed by atoms with Crippen LogP contribution in [0.4, 0.5) is 0 Å². The van der Waals surface area contributed by atoms with Crippen molar-refractivity contribution in [1.29, 1.82) is 0 Å². The number of hydrogen-bond acceptors (Lipinski definition) is 0. The van der Waals surface area contributed by atoms with Crippen molar-refractivity contribution in [3.8, 4) is 0 Å². The van der Waals surface area contributed by atoms with Crippen molar-refractivity contribution in [3.63, 3.8) is 0 Å². The van der Waals surface area contributed by atoms with Gasteiger partial charge < -0.3 is 0 Å². The topological polar surface area (TPSA) is 0 Å². The molecule has 0 heterocycles. The molecule has 0 saturated carbocycles. The Labute approximate surface area is 86.7 Å². The fourth-order valence-corrected chi connectivity index (χ4v) is 0. The van der Waals surface area contributed by atoms with Gasteiger partial charge in [-0.2, -0.15) is 0 Å². The van der Waals surface area contributed by atoms with Crippen LogP contribution in [0.3, 0.4) is 0 Å². The third-order valence-electron chi connectivity index (χ3n) is 0.816. The van der Waals surface area contributed by atoms with E-state index in [1.54, 1.807) is 0 Å².